The molecule has 0 aliphatic rings. The lowest BCUT2D eigenvalue weighted by Gasteiger charge is -2.24. The van der Waals surface area contributed by atoms with Crippen LogP contribution in [0.2, 0.25) is 0 Å². The first-order chi connectivity index (χ1) is 8.77. The highest BCUT2D eigenvalue weighted by Gasteiger charge is 2.16. The van der Waals surface area contributed by atoms with E-state index in [9.17, 15) is 0 Å². The van der Waals surface area contributed by atoms with Crippen molar-refractivity contribution in [2.45, 2.75) is 31.2 Å². The number of hydrogen-bond donors (Lipinski definition) is 1. The average Bonchev–Trinajstić information content (AvgIpc) is 2.42. The van der Waals surface area contributed by atoms with Crippen molar-refractivity contribution in [3.8, 4) is 0 Å². The van der Waals surface area contributed by atoms with E-state index < -0.39 is 0 Å². The maximum absolute atomic E-state index is 5.17. The van der Waals surface area contributed by atoms with E-state index in [-0.39, 0.29) is 0 Å². The highest BCUT2D eigenvalue weighted by atomic mass is 32.2. The van der Waals surface area contributed by atoms with Crippen LogP contribution in [0.4, 0.5) is 0 Å². The molecule has 0 aliphatic heterocycles. The summed E-state index contributed by atoms with van der Waals surface area (Å²) >= 11 is 1.93. The monoisotopic (exact) mass is 267 g/mol. The lowest BCUT2D eigenvalue weighted by molar-refractivity contribution is 0.172. The number of rotatable bonds is 9. The van der Waals surface area contributed by atoms with Gasteiger partial charge < -0.3 is 10.1 Å². The van der Waals surface area contributed by atoms with E-state index in [1.807, 2.05) is 11.8 Å². The summed E-state index contributed by atoms with van der Waals surface area (Å²) in [4.78, 5) is 1.35. The third kappa shape index (κ3) is 5.89. The van der Waals surface area contributed by atoms with Gasteiger partial charge in [-0.05, 0) is 31.0 Å². The lowest BCUT2D eigenvalue weighted by atomic mass is 10.0. The van der Waals surface area contributed by atoms with Crippen molar-refractivity contribution in [2.75, 3.05) is 26.0 Å². The highest BCUT2D eigenvalue weighted by molar-refractivity contribution is 7.99. The number of hydrogen-bond acceptors (Lipinski definition) is 3. The van der Waals surface area contributed by atoms with Crippen LogP contribution in [0.1, 0.15) is 20.3 Å². The Balaban J connectivity index is 2.41. The van der Waals surface area contributed by atoms with Crippen molar-refractivity contribution in [3.05, 3.63) is 30.3 Å². The third-order valence-electron chi connectivity index (χ3n) is 3.10. The van der Waals surface area contributed by atoms with Crippen LogP contribution in [-0.4, -0.2) is 32.1 Å². The first-order valence-corrected chi connectivity index (χ1v) is 7.66. The molecule has 2 unspecified atom stereocenters. The Bertz CT molecular complexity index is 305. The molecule has 0 saturated carbocycles. The molecule has 0 aromatic heterocycles. The van der Waals surface area contributed by atoms with Gasteiger partial charge in [-0.2, -0.15) is 0 Å². The normalized spacial score (nSPS) is 14.4. The second kappa shape index (κ2) is 9.42. The molecule has 0 fully saturated rings. The smallest absolute Gasteiger partial charge is 0.0465 e. The molecule has 0 amide bonds. The van der Waals surface area contributed by atoms with E-state index in [0.29, 0.717) is 12.0 Å². The summed E-state index contributed by atoms with van der Waals surface area (Å²) in [6, 6.07) is 11.2. The summed E-state index contributed by atoms with van der Waals surface area (Å²) in [5.74, 6) is 1.75. The molecule has 0 aliphatic carbocycles. The van der Waals surface area contributed by atoms with Crippen LogP contribution >= 0.6 is 11.8 Å². The molecular formula is C15H25NOS. The zero-order chi connectivity index (χ0) is 13.2. The number of benzene rings is 1. The Labute approximate surface area is 116 Å². The Kier molecular flexibility index (Phi) is 8.14. The van der Waals surface area contributed by atoms with Crippen LogP contribution in [-0.2, 0) is 4.74 Å². The minimum atomic E-state index is 0.551. The maximum atomic E-state index is 5.17. The molecule has 1 rings (SSSR count). The van der Waals surface area contributed by atoms with Gasteiger partial charge in [0.15, 0.2) is 0 Å². The van der Waals surface area contributed by atoms with E-state index >= 15 is 0 Å². The first-order valence-electron chi connectivity index (χ1n) is 6.68. The first kappa shape index (κ1) is 15.5. The average molecular weight is 267 g/mol. The van der Waals surface area contributed by atoms with Crippen LogP contribution in [0.15, 0.2) is 35.2 Å². The van der Waals surface area contributed by atoms with Gasteiger partial charge in [0.05, 0.1) is 0 Å². The fourth-order valence-corrected chi connectivity index (χ4v) is 3.06. The molecular weight excluding hydrogens is 242 g/mol. The summed E-state index contributed by atoms with van der Waals surface area (Å²) < 4.78 is 5.17. The molecule has 2 nitrogen and oxygen atoms in total. The zero-order valence-corrected chi connectivity index (χ0v) is 12.5. The van der Waals surface area contributed by atoms with Crippen LogP contribution in [0.3, 0.4) is 0 Å². The third-order valence-corrected chi connectivity index (χ3v) is 4.23. The maximum Gasteiger partial charge on any atom is 0.0465 e. The van der Waals surface area contributed by atoms with Crippen molar-refractivity contribution < 1.29 is 4.74 Å². The van der Waals surface area contributed by atoms with Crippen LogP contribution in [0.5, 0.6) is 0 Å². The molecule has 1 aromatic rings. The fraction of sp³-hybridized carbons (Fsp3) is 0.600. The van der Waals surface area contributed by atoms with Gasteiger partial charge in [0.1, 0.15) is 0 Å². The van der Waals surface area contributed by atoms with Gasteiger partial charge >= 0.3 is 0 Å². The van der Waals surface area contributed by atoms with Gasteiger partial charge in [-0.3, -0.25) is 0 Å². The number of methoxy groups -OCH3 is 1. The van der Waals surface area contributed by atoms with Gasteiger partial charge in [-0.1, -0.05) is 32.0 Å². The summed E-state index contributed by atoms with van der Waals surface area (Å²) in [5.41, 5.74) is 0. The summed E-state index contributed by atoms with van der Waals surface area (Å²) in [5, 5.41) is 3.59. The molecule has 1 N–H and O–H groups in total. The molecule has 0 saturated heterocycles. The number of ether oxygens (including phenoxy) is 1. The molecule has 102 valence electrons. The quantitative estimate of drug-likeness (QED) is 0.693. The van der Waals surface area contributed by atoms with Gasteiger partial charge in [-0.15, -0.1) is 11.8 Å². The van der Waals surface area contributed by atoms with Crippen molar-refractivity contribution in [2.24, 2.45) is 5.92 Å². The van der Waals surface area contributed by atoms with Crippen molar-refractivity contribution in [1.82, 2.24) is 5.32 Å². The predicted octanol–water partition coefficient (Wildman–Crippen LogP) is 3.43. The molecule has 1 aromatic carbocycles. The standard InChI is InChI=1S/C15H25NOS/c1-4-16-15(13(2)10-11-17-3)12-18-14-8-6-5-7-9-14/h5-9,13,15-16H,4,10-12H2,1-3H3. The van der Waals surface area contributed by atoms with E-state index in [1.165, 1.54) is 4.90 Å². The summed E-state index contributed by atoms with van der Waals surface area (Å²) in [7, 11) is 1.77. The van der Waals surface area contributed by atoms with Gasteiger partial charge in [0, 0.05) is 30.4 Å². The molecule has 3 heteroatoms. The molecule has 0 bridgehead atoms. The molecule has 2 atom stereocenters. The Morgan fingerprint density at radius 3 is 2.61 bits per heavy atom. The summed E-state index contributed by atoms with van der Waals surface area (Å²) in [6.07, 6.45) is 1.11. The van der Waals surface area contributed by atoms with Crippen LogP contribution in [0, 0.1) is 5.92 Å². The molecule has 0 radical (unpaired) electrons. The van der Waals surface area contributed by atoms with Crippen molar-refractivity contribution in [3.63, 3.8) is 0 Å². The molecule has 0 heterocycles. The minimum Gasteiger partial charge on any atom is -0.385 e. The second-order valence-corrected chi connectivity index (χ2v) is 5.64. The van der Waals surface area contributed by atoms with Crippen molar-refractivity contribution in [1.29, 1.82) is 0 Å². The predicted molar refractivity (Wildman–Crippen MR) is 80.3 cm³/mol. The fourth-order valence-electron chi connectivity index (χ4n) is 1.89. The van der Waals surface area contributed by atoms with Gasteiger partial charge in [0.2, 0.25) is 0 Å². The van der Waals surface area contributed by atoms with E-state index in [4.69, 9.17) is 4.74 Å². The van der Waals surface area contributed by atoms with E-state index in [1.54, 1.807) is 7.11 Å². The Hall–Kier alpha value is -0.510. The minimum absolute atomic E-state index is 0.551. The summed E-state index contributed by atoms with van der Waals surface area (Å²) in [6.45, 7) is 6.34. The van der Waals surface area contributed by atoms with Crippen molar-refractivity contribution >= 4 is 11.8 Å². The SMILES string of the molecule is CCNC(CSc1ccccc1)C(C)CCOC. The highest BCUT2D eigenvalue weighted by Crippen LogP contribution is 2.21. The Morgan fingerprint density at radius 2 is 2.00 bits per heavy atom. The van der Waals surface area contributed by atoms with Gasteiger partial charge in [-0.25, -0.2) is 0 Å². The van der Waals surface area contributed by atoms with Crippen LogP contribution < -0.4 is 5.32 Å². The van der Waals surface area contributed by atoms with Gasteiger partial charge in [0.25, 0.3) is 0 Å². The van der Waals surface area contributed by atoms with E-state index in [2.05, 4.69) is 49.5 Å². The number of nitrogens with one attached hydrogen (secondary N) is 1. The van der Waals surface area contributed by atoms with E-state index in [0.717, 1.165) is 25.3 Å². The topological polar surface area (TPSA) is 21.3 Å². The zero-order valence-electron chi connectivity index (χ0n) is 11.7. The number of thioether (sulfide) groups is 1. The largest absolute Gasteiger partial charge is 0.385 e. The lowest BCUT2D eigenvalue weighted by Crippen LogP contribution is -2.37. The Morgan fingerprint density at radius 1 is 1.28 bits per heavy atom. The second-order valence-electron chi connectivity index (χ2n) is 4.55. The molecule has 18 heavy (non-hydrogen) atoms. The van der Waals surface area contributed by atoms with Crippen LogP contribution in [0.25, 0.3) is 0 Å². The molecule has 0 spiro atoms.